The number of ketones is 1. The zero-order valence-corrected chi connectivity index (χ0v) is 13.7. The van der Waals surface area contributed by atoms with Gasteiger partial charge in [0.2, 0.25) is 0 Å². The van der Waals surface area contributed by atoms with Gasteiger partial charge in [-0.15, -0.1) is 11.3 Å². The summed E-state index contributed by atoms with van der Waals surface area (Å²) in [5.74, 6) is -0.337. The van der Waals surface area contributed by atoms with Crippen LogP contribution in [0.1, 0.15) is 53.1 Å². The maximum absolute atomic E-state index is 12.3. The Morgan fingerprint density at radius 3 is 2.38 bits per heavy atom. The number of hydrogen-bond acceptors (Lipinski definition) is 5. The number of Topliss-reactive ketones (excluding diaryl/α,β-unsaturated/α-hetero) is 1. The van der Waals surface area contributed by atoms with Crippen molar-refractivity contribution in [3.8, 4) is 0 Å². The van der Waals surface area contributed by atoms with Crippen LogP contribution >= 0.6 is 11.3 Å². The van der Waals surface area contributed by atoms with E-state index < -0.39 is 0 Å². The van der Waals surface area contributed by atoms with Crippen LogP contribution < -0.4 is 16.0 Å². The fourth-order valence-electron chi connectivity index (χ4n) is 2.54. The fourth-order valence-corrected chi connectivity index (χ4v) is 3.90. The number of nitrogens with two attached hydrogens (primary N) is 1. The zero-order chi connectivity index (χ0) is 15.6. The van der Waals surface area contributed by atoms with Gasteiger partial charge in [0.1, 0.15) is 5.00 Å². The first-order valence-electron chi connectivity index (χ1n) is 7.40. The summed E-state index contributed by atoms with van der Waals surface area (Å²) in [7, 11) is 1.59. The summed E-state index contributed by atoms with van der Waals surface area (Å²) in [6, 6.07) is 0. The van der Waals surface area contributed by atoms with Crippen LogP contribution in [0, 0.1) is 5.92 Å². The zero-order valence-electron chi connectivity index (χ0n) is 12.9. The lowest BCUT2D eigenvalue weighted by Gasteiger charge is -2.28. The number of hydrogen-bond donors (Lipinski definition) is 2. The molecule has 0 bridgehead atoms. The number of rotatable bonds is 4. The van der Waals surface area contributed by atoms with Crippen molar-refractivity contribution < 1.29 is 9.59 Å². The van der Waals surface area contributed by atoms with Crippen LogP contribution in [-0.2, 0) is 0 Å². The first kappa shape index (κ1) is 15.8. The lowest BCUT2D eigenvalue weighted by molar-refractivity contribution is 0.0944. The third-order valence-electron chi connectivity index (χ3n) is 3.77. The second-order valence-electron chi connectivity index (χ2n) is 5.67. The smallest absolute Gasteiger partial charge is 0.256 e. The molecule has 1 saturated heterocycles. The Kier molecular flexibility index (Phi) is 4.88. The van der Waals surface area contributed by atoms with Crippen molar-refractivity contribution in [3.05, 3.63) is 10.4 Å². The molecule has 6 heteroatoms. The number of piperidine rings is 1. The number of thiophene rings is 1. The lowest BCUT2D eigenvalue weighted by Crippen LogP contribution is -2.31. The van der Waals surface area contributed by atoms with Gasteiger partial charge < -0.3 is 16.0 Å². The molecule has 0 saturated carbocycles. The van der Waals surface area contributed by atoms with Gasteiger partial charge in [-0.3, -0.25) is 9.59 Å². The molecule has 21 heavy (non-hydrogen) atoms. The molecule has 1 fully saturated rings. The van der Waals surface area contributed by atoms with Gasteiger partial charge in [-0.05, 0) is 19.3 Å². The number of nitrogens with zero attached hydrogens (tertiary/aromatic N) is 1. The van der Waals surface area contributed by atoms with Crippen LogP contribution in [0.4, 0.5) is 10.7 Å². The molecule has 116 valence electrons. The molecular formula is C15H23N3O2S. The van der Waals surface area contributed by atoms with Crippen LogP contribution in [0.2, 0.25) is 0 Å². The Hall–Kier alpha value is -1.56. The van der Waals surface area contributed by atoms with Gasteiger partial charge in [-0.2, -0.15) is 0 Å². The highest BCUT2D eigenvalue weighted by atomic mass is 32.1. The van der Waals surface area contributed by atoms with Gasteiger partial charge in [0, 0.05) is 26.1 Å². The van der Waals surface area contributed by atoms with Crippen LogP contribution in [-0.4, -0.2) is 31.8 Å². The maximum atomic E-state index is 12.3. The lowest BCUT2D eigenvalue weighted by atomic mass is 10.1. The molecule has 2 rings (SSSR count). The van der Waals surface area contributed by atoms with Crippen LogP contribution in [0.5, 0.6) is 0 Å². The second kappa shape index (κ2) is 6.47. The van der Waals surface area contributed by atoms with Gasteiger partial charge in [0.25, 0.3) is 5.91 Å². The highest BCUT2D eigenvalue weighted by molar-refractivity contribution is 7.19. The van der Waals surface area contributed by atoms with Crippen molar-refractivity contribution in [2.45, 2.75) is 33.1 Å². The number of nitrogens with one attached hydrogen (secondary N) is 1. The van der Waals surface area contributed by atoms with E-state index in [9.17, 15) is 9.59 Å². The van der Waals surface area contributed by atoms with E-state index in [4.69, 9.17) is 5.73 Å². The second-order valence-corrected chi connectivity index (χ2v) is 6.67. The topological polar surface area (TPSA) is 75.4 Å². The number of carbonyl (C=O) groups is 2. The van der Waals surface area contributed by atoms with Crippen molar-refractivity contribution in [1.82, 2.24) is 5.32 Å². The molecule has 2 heterocycles. The van der Waals surface area contributed by atoms with E-state index in [1.807, 2.05) is 13.8 Å². The minimum Gasteiger partial charge on any atom is -0.397 e. The summed E-state index contributed by atoms with van der Waals surface area (Å²) in [6.07, 6.45) is 3.43. The molecule has 0 spiro atoms. The van der Waals surface area contributed by atoms with Crippen molar-refractivity contribution in [3.63, 3.8) is 0 Å². The average molecular weight is 309 g/mol. The standard InChI is InChI=1S/C15H23N3O2S/c1-9(2)12(19)13-11(16)10(14(20)17-3)15(21-13)18-7-5-4-6-8-18/h9H,4-8,16H2,1-3H3,(H,17,20). The van der Waals surface area contributed by atoms with E-state index >= 15 is 0 Å². The van der Waals surface area contributed by atoms with Gasteiger partial charge >= 0.3 is 0 Å². The molecular weight excluding hydrogens is 286 g/mol. The SMILES string of the molecule is CNC(=O)c1c(N2CCCCC2)sc(C(=O)C(C)C)c1N. The predicted octanol–water partition coefficient (Wildman–Crippen LogP) is 2.52. The molecule has 0 radical (unpaired) electrons. The molecule has 0 unspecified atom stereocenters. The molecule has 1 aliphatic heterocycles. The molecule has 1 aliphatic rings. The first-order valence-corrected chi connectivity index (χ1v) is 8.22. The normalized spacial score (nSPS) is 15.3. The fraction of sp³-hybridized carbons (Fsp3) is 0.600. The quantitative estimate of drug-likeness (QED) is 0.838. The average Bonchev–Trinajstić information content (AvgIpc) is 2.84. The van der Waals surface area contributed by atoms with E-state index in [1.54, 1.807) is 7.05 Å². The Labute approximate surface area is 129 Å². The van der Waals surface area contributed by atoms with Crippen molar-refractivity contribution in [2.24, 2.45) is 5.92 Å². The molecule has 3 N–H and O–H groups in total. The van der Waals surface area contributed by atoms with Gasteiger partial charge in [-0.1, -0.05) is 13.8 Å². The van der Waals surface area contributed by atoms with E-state index in [-0.39, 0.29) is 17.6 Å². The predicted molar refractivity (Wildman–Crippen MR) is 87.4 cm³/mol. The Bertz CT molecular complexity index is 545. The summed E-state index contributed by atoms with van der Waals surface area (Å²) in [5, 5.41) is 3.48. The largest absolute Gasteiger partial charge is 0.397 e. The highest BCUT2D eigenvalue weighted by Gasteiger charge is 2.29. The number of anilines is 2. The van der Waals surface area contributed by atoms with Gasteiger partial charge in [0.05, 0.1) is 16.1 Å². The molecule has 0 aromatic carbocycles. The minimum atomic E-state index is -0.216. The number of amides is 1. The first-order chi connectivity index (χ1) is 9.97. The van der Waals surface area contributed by atoms with E-state index in [0.29, 0.717) is 16.1 Å². The van der Waals surface area contributed by atoms with Gasteiger partial charge in [-0.25, -0.2) is 0 Å². The highest BCUT2D eigenvalue weighted by Crippen LogP contribution is 2.40. The molecule has 5 nitrogen and oxygen atoms in total. The van der Waals surface area contributed by atoms with E-state index in [1.165, 1.54) is 17.8 Å². The third kappa shape index (κ3) is 3.05. The van der Waals surface area contributed by atoms with E-state index in [0.717, 1.165) is 30.9 Å². The van der Waals surface area contributed by atoms with Crippen LogP contribution in [0.3, 0.4) is 0 Å². The Morgan fingerprint density at radius 2 is 1.86 bits per heavy atom. The molecule has 0 atom stereocenters. The summed E-state index contributed by atoms with van der Waals surface area (Å²) in [5.41, 5.74) is 6.93. The van der Waals surface area contributed by atoms with Gasteiger partial charge in [0.15, 0.2) is 5.78 Å². The van der Waals surface area contributed by atoms with Crippen LogP contribution in [0.25, 0.3) is 0 Å². The monoisotopic (exact) mass is 309 g/mol. The van der Waals surface area contributed by atoms with E-state index in [2.05, 4.69) is 10.2 Å². The number of nitrogen functional groups attached to an aromatic ring is 1. The molecule has 0 aliphatic carbocycles. The van der Waals surface area contributed by atoms with Crippen molar-refractivity contribution in [2.75, 3.05) is 30.8 Å². The molecule has 1 aromatic heterocycles. The summed E-state index contributed by atoms with van der Waals surface area (Å²) in [4.78, 5) is 27.2. The molecule has 1 amide bonds. The van der Waals surface area contributed by atoms with Crippen molar-refractivity contribution >= 4 is 33.7 Å². The summed E-state index contributed by atoms with van der Waals surface area (Å²) in [6.45, 7) is 5.53. The van der Waals surface area contributed by atoms with Crippen molar-refractivity contribution in [1.29, 1.82) is 0 Å². The maximum Gasteiger partial charge on any atom is 0.256 e. The minimum absolute atomic E-state index is 0.00547. The number of carbonyl (C=O) groups excluding carboxylic acids is 2. The van der Waals surface area contributed by atoms with Crippen LogP contribution in [0.15, 0.2) is 0 Å². The summed E-state index contributed by atoms with van der Waals surface area (Å²) < 4.78 is 0. The third-order valence-corrected chi connectivity index (χ3v) is 5.05. The molecule has 1 aromatic rings. The Balaban J connectivity index is 2.49. The summed E-state index contributed by atoms with van der Waals surface area (Å²) >= 11 is 1.36. The Morgan fingerprint density at radius 1 is 1.24 bits per heavy atom.